The average molecular weight is 394 g/mol. The van der Waals surface area contributed by atoms with Crippen molar-refractivity contribution in [3.8, 4) is 23.2 Å². The number of aryl methyl sites for hydroxylation is 1. The SMILES string of the molecule is CCCCCc1cnc(-c2ccc(OC(=O)C(C)(C#N)CC(C)CC)cc2)nc1. The number of nitrogens with zero attached hydrogens (tertiary/aromatic N) is 3. The van der Waals surface area contributed by atoms with Crippen molar-refractivity contribution in [1.29, 1.82) is 5.26 Å². The molecule has 0 radical (unpaired) electrons. The molecule has 2 atom stereocenters. The lowest BCUT2D eigenvalue weighted by atomic mass is 9.82. The van der Waals surface area contributed by atoms with Gasteiger partial charge in [0.05, 0.1) is 6.07 Å². The first kappa shape index (κ1) is 22.5. The molecule has 1 aromatic carbocycles. The zero-order valence-corrected chi connectivity index (χ0v) is 17.9. The Bertz CT molecular complexity index is 825. The first-order chi connectivity index (χ1) is 13.9. The summed E-state index contributed by atoms with van der Waals surface area (Å²) in [5.41, 5.74) is 0.850. The fraction of sp³-hybridized carbons (Fsp3) is 0.500. The maximum Gasteiger partial charge on any atom is 0.331 e. The molecule has 29 heavy (non-hydrogen) atoms. The second-order valence-electron chi connectivity index (χ2n) is 7.95. The van der Waals surface area contributed by atoms with Crippen LogP contribution in [0.25, 0.3) is 11.4 Å². The lowest BCUT2D eigenvalue weighted by Gasteiger charge is -2.22. The van der Waals surface area contributed by atoms with Gasteiger partial charge in [0, 0.05) is 18.0 Å². The Labute approximate surface area is 174 Å². The van der Waals surface area contributed by atoms with Crippen LogP contribution in [0.4, 0.5) is 0 Å². The maximum atomic E-state index is 12.5. The van der Waals surface area contributed by atoms with Crippen molar-refractivity contribution in [2.24, 2.45) is 11.3 Å². The third kappa shape index (κ3) is 6.39. The molecule has 0 aliphatic heterocycles. The van der Waals surface area contributed by atoms with Gasteiger partial charge in [-0.25, -0.2) is 14.8 Å². The molecule has 0 spiro atoms. The summed E-state index contributed by atoms with van der Waals surface area (Å²) >= 11 is 0. The van der Waals surface area contributed by atoms with Crippen LogP contribution in [-0.2, 0) is 11.2 Å². The normalized spacial score (nSPS) is 13.9. The van der Waals surface area contributed by atoms with Crippen LogP contribution in [0.5, 0.6) is 5.75 Å². The zero-order chi connectivity index (χ0) is 21.3. The lowest BCUT2D eigenvalue weighted by Crippen LogP contribution is -2.32. The lowest BCUT2D eigenvalue weighted by molar-refractivity contribution is -0.142. The van der Waals surface area contributed by atoms with Crippen LogP contribution in [0.3, 0.4) is 0 Å². The molecule has 0 fully saturated rings. The second kappa shape index (κ2) is 10.7. The van der Waals surface area contributed by atoms with Gasteiger partial charge in [-0.1, -0.05) is 40.0 Å². The van der Waals surface area contributed by atoms with Crippen molar-refractivity contribution in [3.63, 3.8) is 0 Å². The molecule has 5 heteroatoms. The Morgan fingerprint density at radius 1 is 1.17 bits per heavy atom. The number of rotatable bonds is 10. The van der Waals surface area contributed by atoms with Crippen LogP contribution in [0.2, 0.25) is 0 Å². The van der Waals surface area contributed by atoms with Crippen LogP contribution in [0.1, 0.15) is 65.4 Å². The van der Waals surface area contributed by atoms with Crippen molar-refractivity contribution in [3.05, 3.63) is 42.2 Å². The summed E-state index contributed by atoms with van der Waals surface area (Å²) in [5.74, 6) is 0.818. The molecule has 1 aromatic heterocycles. The topological polar surface area (TPSA) is 75.9 Å². The quantitative estimate of drug-likeness (QED) is 0.292. The molecule has 0 saturated heterocycles. The average Bonchev–Trinajstić information content (AvgIpc) is 2.74. The first-order valence-electron chi connectivity index (χ1n) is 10.5. The molecule has 0 aliphatic rings. The number of unbranched alkanes of at least 4 members (excludes halogenated alkanes) is 2. The van der Waals surface area contributed by atoms with E-state index in [1.165, 1.54) is 12.8 Å². The van der Waals surface area contributed by atoms with Gasteiger partial charge in [-0.2, -0.15) is 5.26 Å². The Kier molecular flexibility index (Phi) is 8.33. The van der Waals surface area contributed by atoms with Gasteiger partial charge in [0.1, 0.15) is 5.75 Å². The highest BCUT2D eigenvalue weighted by Crippen LogP contribution is 2.30. The molecule has 2 rings (SSSR count). The van der Waals surface area contributed by atoms with Crippen molar-refractivity contribution >= 4 is 5.97 Å². The van der Waals surface area contributed by atoms with E-state index in [1.54, 1.807) is 19.1 Å². The molecule has 1 heterocycles. The standard InChI is InChI=1S/C24H31N3O2/c1-5-7-8-9-19-15-26-22(27-16-19)20-10-12-21(13-11-20)29-23(28)24(4,17-25)14-18(3)6-2/h10-13,15-16,18H,5-9,14H2,1-4H3. The maximum absolute atomic E-state index is 12.5. The minimum Gasteiger partial charge on any atom is -0.425 e. The Hall–Kier alpha value is -2.74. The number of nitriles is 1. The molecule has 0 aliphatic carbocycles. The second-order valence-corrected chi connectivity index (χ2v) is 7.95. The molecule has 0 saturated carbocycles. The number of hydrogen-bond acceptors (Lipinski definition) is 5. The Morgan fingerprint density at radius 2 is 1.83 bits per heavy atom. The molecular weight excluding hydrogens is 362 g/mol. The van der Waals surface area contributed by atoms with Crippen LogP contribution < -0.4 is 4.74 Å². The van der Waals surface area contributed by atoms with E-state index >= 15 is 0 Å². The third-order valence-electron chi connectivity index (χ3n) is 5.25. The molecular formula is C24H31N3O2. The summed E-state index contributed by atoms with van der Waals surface area (Å²) in [6.45, 7) is 7.91. The summed E-state index contributed by atoms with van der Waals surface area (Å²) in [6, 6.07) is 9.21. The molecule has 0 amide bonds. The van der Waals surface area contributed by atoms with Crippen molar-refractivity contribution < 1.29 is 9.53 Å². The summed E-state index contributed by atoms with van der Waals surface area (Å²) in [6.07, 6.45) is 9.70. The molecule has 154 valence electrons. The van der Waals surface area contributed by atoms with E-state index in [2.05, 4.69) is 23.0 Å². The number of benzene rings is 1. The van der Waals surface area contributed by atoms with Crippen LogP contribution in [0.15, 0.2) is 36.7 Å². The summed E-state index contributed by atoms with van der Waals surface area (Å²) in [5, 5.41) is 9.49. The van der Waals surface area contributed by atoms with Gasteiger partial charge in [0.2, 0.25) is 0 Å². The van der Waals surface area contributed by atoms with Crippen molar-refractivity contribution in [2.45, 2.75) is 66.2 Å². The molecule has 2 aromatic rings. The fourth-order valence-corrected chi connectivity index (χ4v) is 3.12. The minimum absolute atomic E-state index is 0.275. The van der Waals surface area contributed by atoms with E-state index in [0.29, 0.717) is 18.0 Å². The zero-order valence-electron chi connectivity index (χ0n) is 17.9. The van der Waals surface area contributed by atoms with Gasteiger partial charge in [-0.05, 0) is 61.9 Å². The van der Waals surface area contributed by atoms with E-state index < -0.39 is 11.4 Å². The van der Waals surface area contributed by atoms with E-state index in [4.69, 9.17) is 4.74 Å². The fourth-order valence-electron chi connectivity index (χ4n) is 3.12. The van der Waals surface area contributed by atoms with E-state index in [0.717, 1.165) is 30.4 Å². The molecule has 0 bridgehead atoms. The number of esters is 1. The number of carbonyl (C=O) groups excluding carboxylic acids is 1. The predicted molar refractivity (Wildman–Crippen MR) is 114 cm³/mol. The van der Waals surface area contributed by atoms with Gasteiger partial charge < -0.3 is 4.74 Å². The summed E-state index contributed by atoms with van der Waals surface area (Å²) in [4.78, 5) is 21.4. The highest BCUT2D eigenvalue weighted by Gasteiger charge is 2.36. The molecule has 2 unspecified atom stereocenters. The monoisotopic (exact) mass is 393 g/mol. The van der Waals surface area contributed by atoms with Crippen LogP contribution in [0, 0.1) is 22.7 Å². The largest absolute Gasteiger partial charge is 0.425 e. The highest BCUT2D eigenvalue weighted by molar-refractivity contribution is 5.81. The predicted octanol–water partition coefficient (Wildman–Crippen LogP) is 5.75. The molecule has 5 nitrogen and oxygen atoms in total. The first-order valence-corrected chi connectivity index (χ1v) is 10.5. The Balaban J connectivity index is 2.02. The number of ether oxygens (including phenoxy) is 1. The Morgan fingerprint density at radius 3 is 2.38 bits per heavy atom. The number of aromatic nitrogens is 2. The number of carbonyl (C=O) groups is 1. The van der Waals surface area contributed by atoms with E-state index in [-0.39, 0.29) is 5.92 Å². The summed E-state index contributed by atoms with van der Waals surface area (Å²) in [7, 11) is 0. The van der Waals surface area contributed by atoms with Crippen molar-refractivity contribution in [2.75, 3.05) is 0 Å². The van der Waals surface area contributed by atoms with Crippen LogP contribution >= 0.6 is 0 Å². The van der Waals surface area contributed by atoms with Gasteiger partial charge in [0.25, 0.3) is 0 Å². The smallest absolute Gasteiger partial charge is 0.331 e. The van der Waals surface area contributed by atoms with E-state index in [9.17, 15) is 10.1 Å². The highest BCUT2D eigenvalue weighted by atomic mass is 16.5. The summed E-state index contributed by atoms with van der Waals surface area (Å²) < 4.78 is 5.48. The van der Waals surface area contributed by atoms with Gasteiger partial charge in [0.15, 0.2) is 11.2 Å². The van der Waals surface area contributed by atoms with E-state index in [1.807, 2.05) is 38.4 Å². The van der Waals surface area contributed by atoms with Gasteiger partial charge in [-0.3, -0.25) is 0 Å². The number of hydrogen-bond donors (Lipinski definition) is 0. The molecule has 0 N–H and O–H groups in total. The van der Waals surface area contributed by atoms with Crippen molar-refractivity contribution in [1.82, 2.24) is 9.97 Å². The minimum atomic E-state index is -1.15. The van der Waals surface area contributed by atoms with Crippen LogP contribution in [-0.4, -0.2) is 15.9 Å². The van der Waals surface area contributed by atoms with Gasteiger partial charge >= 0.3 is 5.97 Å². The van der Waals surface area contributed by atoms with Gasteiger partial charge in [-0.15, -0.1) is 0 Å². The third-order valence-corrected chi connectivity index (χ3v) is 5.25.